The minimum atomic E-state index is 0.447. The molecule has 5 nitrogen and oxygen atoms in total. The fourth-order valence-electron chi connectivity index (χ4n) is 1.23. The zero-order chi connectivity index (χ0) is 9.80. The first-order chi connectivity index (χ1) is 6.88. The van der Waals surface area contributed by atoms with E-state index in [1.807, 2.05) is 6.20 Å². The minimum absolute atomic E-state index is 0.447. The average Bonchev–Trinajstić information content (AvgIpc) is 2.91. The Balaban J connectivity index is 1.63. The van der Waals surface area contributed by atoms with E-state index >= 15 is 0 Å². The molecule has 0 unspecified atom stereocenters. The smallest absolute Gasteiger partial charge is 0.0962 e. The molecule has 1 aromatic rings. The molecule has 0 amide bonds. The maximum Gasteiger partial charge on any atom is 0.0962 e. The Kier molecular flexibility index (Phi) is 3.10. The van der Waals surface area contributed by atoms with Gasteiger partial charge in [-0.1, -0.05) is 5.21 Å². The van der Waals surface area contributed by atoms with Crippen LogP contribution in [0.2, 0.25) is 0 Å². The summed E-state index contributed by atoms with van der Waals surface area (Å²) in [6.07, 6.45) is 4.53. The minimum Gasteiger partial charge on any atom is -0.379 e. The van der Waals surface area contributed by atoms with Crippen molar-refractivity contribution in [2.45, 2.75) is 25.9 Å². The average molecular weight is 196 g/mol. The van der Waals surface area contributed by atoms with Crippen molar-refractivity contribution < 1.29 is 4.74 Å². The van der Waals surface area contributed by atoms with Gasteiger partial charge in [0.05, 0.1) is 18.8 Å². The lowest BCUT2D eigenvalue weighted by atomic mass is 10.5. The van der Waals surface area contributed by atoms with Crippen LogP contribution in [0.4, 0.5) is 0 Å². The van der Waals surface area contributed by atoms with Gasteiger partial charge >= 0.3 is 0 Å². The van der Waals surface area contributed by atoms with Gasteiger partial charge in [-0.05, 0) is 18.8 Å². The van der Waals surface area contributed by atoms with E-state index in [1.165, 1.54) is 12.8 Å². The highest BCUT2D eigenvalue weighted by Crippen LogP contribution is 2.28. The summed E-state index contributed by atoms with van der Waals surface area (Å²) in [5.74, 6) is 0.824. The third-order valence-electron chi connectivity index (χ3n) is 2.31. The second-order valence-corrected chi connectivity index (χ2v) is 3.70. The van der Waals surface area contributed by atoms with Crippen LogP contribution < -0.4 is 5.73 Å². The lowest BCUT2D eigenvalue weighted by molar-refractivity contribution is 0.114. The molecule has 5 heteroatoms. The standard InChI is InChI=1S/C9H16N4O/c10-5-9-6-13(12-11-9)3-4-14-7-8-1-2-8/h6,8H,1-5,7,10H2. The Bertz CT molecular complexity index is 282. The van der Waals surface area contributed by atoms with Gasteiger partial charge in [0.1, 0.15) is 0 Å². The number of ether oxygens (including phenoxy) is 1. The van der Waals surface area contributed by atoms with Crippen LogP contribution in [-0.4, -0.2) is 28.2 Å². The molecule has 0 bridgehead atoms. The Morgan fingerprint density at radius 1 is 1.57 bits per heavy atom. The number of nitrogens with two attached hydrogens (primary N) is 1. The highest BCUT2D eigenvalue weighted by molar-refractivity contribution is 4.90. The normalized spacial score (nSPS) is 16.1. The van der Waals surface area contributed by atoms with Crippen molar-refractivity contribution in [2.24, 2.45) is 11.7 Å². The molecule has 2 N–H and O–H groups in total. The maximum absolute atomic E-state index is 5.48. The lowest BCUT2D eigenvalue weighted by Crippen LogP contribution is -2.08. The quantitative estimate of drug-likeness (QED) is 0.658. The zero-order valence-corrected chi connectivity index (χ0v) is 8.22. The highest BCUT2D eigenvalue weighted by atomic mass is 16.5. The fourth-order valence-corrected chi connectivity index (χ4v) is 1.23. The van der Waals surface area contributed by atoms with Crippen molar-refractivity contribution in [2.75, 3.05) is 13.2 Å². The Hall–Kier alpha value is -0.940. The Morgan fingerprint density at radius 2 is 2.43 bits per heavy atom. The van der Waals surface area contributed by atoms with E-state index in [0.717, 1.165) is 24.8 Å². The largest absolute Gasteiger partial charge is 0.379 e. The molecule has 1 aliphatic carbocycles. The van der Waals surface area contributed by atoms with Crippen LogP contribution in [0, 0.1) is 5.92 Å². The zero-order valence-electron chi connectivity index (χ0n) is 8.22. The topological polar surface area (TPSA) is 66.0 Å². The summed E-state index contributed by atoms with van der Waals surface area (Å²) >= 11 is 0. The van der Waals surface area contributed by atoms with Crippen molar-refractivity contribution >= 4 is 0 Å². The molecule has 0 atom stereocenters. The summed E-state index contributed by atoms with van der Waals surface area (Å²) in [5.41, 5.74) is 6.24. The SMILES string of the molecule is NCc1cn(CCOCC2CC2)nn1. The number of nitrogens with zero attached hydrogens (tertiary/aromatic N) is 3. The van der Waals surface area contributed by atoms with Gasteiger partial charge in [0, 0.05) is 19.3 Å². The molecule has 1 saturated carbocycles. The van der Waals surface area contributed by atoms with Crippen molar-refractivity contribution in [3.05, 3.63) is 11.9 Å². The van der Waals surface area contributed by atoms with Gasteiger partial charge in [-0.2, -0.15) is 0 Å². The number of aromatic nitrogens is 3. The molecule has 14 heavy (non-hydrogen) atoms. The van der Waals surface area contributed by atoms with Crippen molar-refractivity contribution in [3.8, 4) is 0 Å². The van der Waals surface area contributed by atoms with E-state index in [1.54, 1.807) is 4.68 Å². The van der Waals surface area contributed by atoms with Crippen LogP contribution in [0.15, 0.2) is 6.20 Å². The van der Waals surface area contributed by atoms with Gasteiger partial charge in [0.25, 0.3) is 0 Å². The molecule has 78 valence electrons. The third-order valence-corrected chi connectivity index (χ3v) is 2.31. The molecule has 0 spiro atoms. The van der Waals surface area contributed by atoms with E-state index in [-0.39, 0.29) is 0 Å². The predicted molar refractivity (Wildman–Crippen MR) is 51.5 cm³/mol. The van der Waals surface area contributed by atoms with Crippen LogP contribution in [0.5, 0.6) is 0 Å². The van der Waals surface area contributed by atoms with E-state index in [2.05, 4.69) is 10.3 Å². The maximum atomic E-state index is 5.48. The Morgan fingerprint density at radius 3 is 3.07 bits per heavy atom. The van der Waals surface area contributed by atoms with E-state index < -0.39 is 0 Å². The molecular weight excluding hydrogens is 180 g/mol. The molecule has 1 aromatic heterocycles. The second-order valence-electron chi connectivity index (χ2n) is 3.70. The molecule has 0 aromatic carbocycles. The summed E-state index contributed by atoms with van der Waals surface area (Å²) in [6.45, 7) is 2.82. The van der Waals surface area contributed by atoms with Gasteiger partial charge in [0.2, 0.25) is 0 Å². The van der Waals surface area contributed by atoms with Gasteiger partial charge in [0.15, 0.2) is 0 Å². The molecule has 0 aliphatic heterocycles. The molecule has 0 saturated heterocycles. The number of hydrogen-bond donors (Lipinski definition) is 1. The van der Waals surface area contributed by atoms with Crippen LogP contribution in [0.1, 0.15) is 18.5 Å². The van der Waals surface area contributed by atoms with Gasteiger partial charge < -0.3 is 10.5 Å². The van der Waals surface area contributed by atoms with Gasteiger partial charge in [-0.15, -0.1) is 5.10 Å². The summed E-state index contributed by atoms with van der Waals surface area (Å²) in [6, 6.07) is 0. The van der Waals surface area contributed by atoms with Crippen LogP contribution in [0.25, 0.3) is 0 Å². The van der Waals surface area contributed by atoms with E-state index in [9.17, 15) is 0 Å². The number of hydrogen-bond acceptors (Lipinski definition) is 4. The van der Waals surface area contributed by atoms with Crippen molar-refractivity contribution in [1.82, 2.24) is 15.0 Å². The first-order valence-electron chi connectivity index (χ1n) is 5.05. The fraction of sp³-hybridized carbons (Fsp3) is 0.778. The lowest BCUT2D eigenvalue weighted by Gasteiger charge is -2.01. The molecule has 2 rings (SSSR count). The van der Waals surface area contributed by atoms with Crippen molar-refractivity contribution in [1.29, 1.82) is 0 Å². The van der Waals surface area contributed by atoms with Gasteiger partial charge in [-0.25, -0.2) is 4.68 Å². The first kappa shape index (κ1) is 9.61. The number of rotatable bonds is 6. The molecular formula is C9H16N4O. The van der Waals surface area contributed by atoms with E-state index in [4.69, 9.17) is 10.5 Å². The summed E-state index contributed by atoms with van der Waals surface area (Å²) in [5, 5.41) is 7.82. The van der Waals surface area contributed by atoms with Crippen LogP contribution in [0.3, 0.4) is 0 Å². The van der Waals surface area contributed by atoms with Crippen molar-refractivity contribution in [3.63, 3.8) is 0 Å². The predicted octanol–water partition coefficient (Wildman–Crippen LogP) is 0.163. The summed E-state index contributed by atoms with van der Waals surface area (Å²) in [4.78, 5) is 0. The monoisotopic (exact) mass is 196 g/mol. The molecule has 1 aliphatic rings. The third kappa shape index (κ3) is 2.78. The van der Waals surface area contributed by atoms with Gasteiger partial charge in [-0.3, -0.25) is 0 Å². The van der Waals surface area contributed by atoms with Crippen LogP contribution in [-0.2, 0) is 17.8 Å². The van der Waals surface area contributed by atoms with E-state index in [0.29, 0.717) is 13.2 Å². The first-order valence-corrected chi connectivity index (χ1v) is 5.05. The van der Waals surface area contributed by atoms with Crippen LogP contribution >= 0.6 is 0 Å². The summed E-state index contributed by atoms with van der Waals surface area (Å²) in [7, 11) is 0. The Labute approximate surface area is 83.2 Å². The molecule has 1 fully saturated rings. The second kappa shape index (κ2) is 4.52. The highest BCUT2D eigenvalue weighted by Gasteiger charge is 2.20. The molecule has 1 heterocycles. The summed E-state index contributed by atoms with van der Waals surface area (Å²) < 4.78 is 7.26. The molecule has 0 radical (unpaired) electrons.